The maximum absolute atomic E-state index is 10.9. The third-order valence-corrected chi connectivity index (χ3v) is 2.49. The van der Waals surface area contributed by atoms with Crippen LogP contribution in [0.1, 0.15) is 19.8 Å². The number of rotatable bonds is 1. The maximum atomic E-state index is 10.9. The van der Waals surface area contributed by atoms with Gasteiger partial charge in [0, 0.05) is 26.1 Å². The lowest BCUT2D eigenvalue weighted by atomic mass is 10.1. The molecule has 0 radical (unpaired) electrons. The summed E-state index contributed by atoms with van der Waals surface area (Å²) in [7, 11) is 0. The van der Waals surface area contributed by atoms with Crippen LogP contribution in [0.15, 0.2) is 0 Å². The van der Waals surface area contributed by atoms with Crippen molar-refractivity contribution < 1.29 is 4.79 Å². The molecule has 0 bridgehead atoms. The van der Waals surface area contributed by atoms with Crippen LogP contribution < -0.4 is 4.72 Å². The fourth-order valence-electron chi connectivity index (χ4n) is 1.32. The van der Waals surface area contributed by atoms with Gasteiger partial charge in [0.25, 0.3) is 0 Å². The molecule has 0 aliphatic carbocycles. The monoisotopic (exact) mass is 174 g/mol. The van der Waals surface area contributed by atoms with Crippen molar-refractivity contribution in [2.24, 2.45) is 0 Å². The molecule has 1 aliphatic rings. The molecule has 0 aromatic heterocycles. The van der Waals surface area contributed by atoms with Crippen molar-refractivity contribution in [2.75, 3.05) is 13.1 Å². The number of carbonyl (C=O) groups excluding carboxylic acids is 1. The summed E-state index contributed by atoms with van der Waals surface area (Å²) in [5, 5.41) is 0. The summed E-state index contributed by atoms with van der Waals surface area (Å²) in [6.07, 6.45) is 2.03. The first kappa shape index (κ1) is 8.87. The molecule has 1 saturated heterocycles. The Hall–Kier alpha value is -0.220. The predicted molar refractivity (Wildman–Crippen MR) is 47.4 cm³/mol. The van der Waals surface area contributed by atoms with Gasteiger partial charge in [0.05, 0.1) is 0 Å². The molecule has 64 valence electrons. The molecule has 0 aromatic rings. The lowest BCUT2D eigenvalue weighted by molar-refractivity contribution is -0.129. The molecule has 0 unspecified atom stereocenters. The van der Waals surface area contributed by atoms with E-state index in [0.717, 1.165) is 25.9 Å². The molecule has 1 rings (SSSR count). The largest absolute Gasteiger partial charge is 0.343 e. The second-order valence-electron chi connectivity index (χ2n) is 2.91. The number of carbonyl (C=O) groups is 1. The molecule has 11 heavy (non-hydrogen) atoms. The van der Waals surface area contributed by atoms with Crippen molar-refractivity contribution in [3.63, 3.8) is 0 Å². The Morgan fingerprint density at radius 3 is 2.45 bits per heavy atom. The third kappa shape index (κ3) is 2.38. The van der Waals surface area contributed by atoms with Gasteiger partial charge in [-0.2, -0.15) is 0 Å². The number of nitrogens with zero attached hydrogens (tertiary/aromatic N) is 1. The van der Waals surface area contributed by atoms with Crippen LogP contribution >= 0.6 is 12.8 Å². The number of piperidine rings is 1. The van der Waals surface area contributed by atoms with Crippen molar-refractivity contribution in [1.29, 1.82) is 0 Å². The highest BCUT2D eigenvalue weighted by Crippen LogP contribution is 2.10. The fraction of sp³-hybridized carbons (Fsp3) is 0.857. The number of hydrogen-bond acceptors (Lipinski definition) is 3. The van der Waals surface area contributed by atoms with Gasteiger partial charge < -0.3 is 4.90 Å². The first-order valence-corrected chi connectivity index (χ1v) is 4.34. The minimum absolute atomic E-state index is 0.183. The average molecular weight is 174 g/mol. The Balaban J connectivity index is 2.30. The quantitative estimate of drug-likeness (QED) is 0.565. The molecule has 1 fully saturated rings. The number of amides is 1. The van der Waals surface area contributed by atoms with E-state index in [1.165, 1.54) is 0 Å². The topological polar surface area (TPSA) is 32.3 Å². The van der Waals surface area contributed by atoms with Gasteiger partial charge in [-0.15, -0.1) is 0 Å². The van der Waals surface area contributed by atoms with Crippen LogP contribution in [0.2, 0.25) is 0 Å². The van der Waals surface area contributed by atoms with E-state index in [-0.39, 0.29) is 5.91 Å². The van der Waals surface area contributed by atoms with E-state index in [4.69, 9.17) is 0 Å². The third-order valence-electron chi connectivity index (χ3n) is 2.12. The van der Waals surface area contributed by atoms with Crippen LogP contribution in [-0.2, 0) is 4.79 Å². The van der Waals surface area contributed by atoms with Crippen LogP contribution in [0.25, 0.3) is 0 Å². The maximum Gasteiger partial charge on any atom is 0.219 e. The van der Waals surface area contributed by atoms with E-state index in [2.05, 4.69) is 17.5 Å². The Labute approximate surface area is 72.7 Å². The summed E-state index contributed by atoms with van der Waals surface area (Å²) in [4.78, 5) is 12.8. The van der Waals surface area contributed by atoms with Crippen molar-refractivity contribution >= 4 is 18.7 Å². The molecular formula is C7H14N2OS. The second-order valence-corrected chi connectivity index (χ2v) is 3.17. The van der Waals surface area contributed by atoms with Gasteiger partial charge in [0.1, 0.15) is 0 Å². The highest BCUT2D eigenvalue weighted by molar-refractivity contribution is 7.78. The standard InChI is InChI=1S/C7H14N2OS/c1-6(10)9-4-2-7(8-11)3-5-9/h7-8,11H,2-5H2,1H3. The molecule has 0 atom stereocenters. The molecule has 1 N–H and O–H groups in total. The zero-order valence-corrected chi connectivity index (χ0v) is 7.60. The van der Waals surface area contributed by atoms with Crippen molar-refractivity contribution in [1.82, 2.24) is 9.62 Å². The van der Waals surface area contributed by atoms with Crippen LogP contribution in [0.5, 0.6) is 0 Å². The van der Waals surface area contributed by atoms with Crippen molar-refractivity contribution in [3.05, 3.63) is 0 Å². The molecule has 1 amide bonds. The highest BCUT2D eigenvalue weighted by Gasteiger charge is 2.18. The lowest BCUT2D eigenvalue weighted by Gasteiger charge is -2.30. The minimum Gasteiger partial charge on any atom is -0.343 e. The van der Waals surface area contributed by atoms with Gasteiger partial charge in [0.15, 0.2) is 0 Å². The van der Waals surface area contributed by atoms with Gasteiger partial charge in [-0.1, -0.05) is 12.8 Å². The molecule has 4 heteroatoms. The summed E-state index contributed by atoms with van der Waals surface area (Å²) in [6, 6.07) is 0.480. The van der Waals surface area contributed by atoms with Gasteiger partial charge in [-0.25, -0.2) is 0 Å². The first-order valence-electron chi connectivity index (χ1n) is 3.89. The predicted octanol–water partition coefficient (Wildman–Crippen LogP) is 0.432. The molecule has 3 nitrogen and oxygen atoms in total. The molecule has 0 spiro atoms. The van der Waals surface area contributed by atoms with Crippen molar-refractivity contribution in [3.8, 4) is 0 Å². The van der Waals surface area contributed by atoms with Gasteiger partial charge in [-0.3, -0.25) is 9.52 Å². The second kappa shape index (κ2) is 3.97. The normalized spacial score (nSPS) is 20.4. The average Bonchev–Trinajstić information content (AvgIpc) is 2.05. The van der Waals surface area contributed by atoms with Crippen LogP contribution in [0, 0.1) is 0 Å². The smallest absolute Gasteiger partial charge is 0.219 e. The van der Waals surface area contributed by atoms with Crippen LogP contribution in [0.4, 0.5) is 0 Å². The number of hydrogen-bond donors (Lipinski definition) is 2. The summed E-state index contributed by atoms with van der Waals surface area (Å²) in [6.45, 7) is 3.36. The molecule has 1 heterocycles. The first-order chi connectivity index (χ1) is 5.24. The SMILES string of the molecule is CC(=O)N1CCC(NS)CC1. The Morgan fingerprint density at radius 1 is 1.55 bits per heavy atom. The number of thiol groups is 1. The van der Waals surface area contributed by atoms with E-state index in [1.807, 2.05) is 4.90 Å². The van der Waals surface area contributed by atoms with E-state index in [0.29, 0.717) is 6.04 Å². The van der Waals surface area contributed by atoms with Crippen LogP contribution in [0.3, 0.4) is 0 Å². The molecule has 0 saturated carbocycles. The van der Waals surface area contributed by atoms with E-state index < -0.39 is 0 Å². The number of nitrogens with one attached hydrogen (secondary N) is 1. The Kier molecular flexibility index (Phi) is 3.20. The summed E-state index contributed by atoms with van der Waals surface area (Å²) in [5.74, 6) is 0.183. The fourth-order valence-corrected chi connectivity index (χ4v) is 1.58. The highest BCUT2D eigenvalue weighted by atomic mass is 32.1. The van der Waals surface area contributed by atoms with Gasteiger partial charge in [-0.05, 0) is 12.8 Å². The van der Waals surface area contributed by atoms with Gasteiger partial charge >= 0.3 is 0 Å². The molecule has 0 aromatic carbocycles. The minimum atomic E-state index is 0.183. The molecular weight excluding hydrogens is 160 g/mol. The van der Waals surface area contributed by atoms with Crippen molar-refractivity contribution in [2.45, 2.75) is 25.8 Å². The summed E-state index contributed by atoms with van der Waals surface area (Å²) in [5.41, 5.74) is 0. The zero-order valence-electron chi connectivity index (χ0n) is 6.71. The lowest BCUT2D eigenvalue weighted by Crippen LogP contribution is -2.41. The molecule has 1 aliphatic heterocycles. The van der Waals surface area contributed by atoms with E-state index >= 15 is 0 Å². The Bertz CT molecular complexity index is 143. The Morgan fingerprint density at radius 2 is 2.09 bits per heavy atom. The van der Waals surface area contributed by atoms with Gasteiger partial charge in [0.2, 0.25) is 5.91 Å². The number of likely N-dealkylation sites (tertiary alicyclic amines) is 1. The zero-order chi connectivity index (χ0) is 8.27. The van der Waals surface area contributed by atoms with E-state index in [9.17, 15) is 4.79 Å². The summed E-state index contributed by atoms with van der Waals surface area (Å²) < 4.78 is 2.92. The van der Waals surface area contributed by atoms with E-state index in [1.54, 1.807) is 6.92 Å². The van der Waals surface area contributed by atoms with Crippen LogP contribution in [-0.4, -0.2) is 29.9 Å². The summed E-state index contributed by atoms with van der Waals surface area (Å²) >= 11 is 3.99.